The first-order valence-electron chi connectivity index (χ1n) is 8.71. The van der Waals surface area contributed by atoms with Crippen molar-refractivity contribution in [2.75, 3.05) is 0 Å². The van der Waals surface area contributed by atoms with Gasteiger partial charge in [-0.1, -0.05) is 30.3 Å². The summed E-state index contributed by atoms with van der Waals surface area (Å²) in [6, 6.07) is 13.2. The van der Waals surface area contributed by atoms with Crippen LogP contribution < -0.4 is 5.32 Å². The first-order chi connectivity index (χ1) is 13.4. The number of carbonyl (C=O) groups is 2. The van der Waals surface area contributed by atoms with Crippen molar-refractivity contribution in [3.8, 4) is 10.8 Å². The zero-order valence-corrected chi connectivity index (χ0v) is 17.4. The number of imide groups is 1. The van der Waals surface area contributed by atoms with Gasteiger partial charge in [0.25, 0.3) is 11.8 Å². The minimum absolute atomic E-state index is 0.0505. The fraction of sp³-hybridized carbons (Fsp3) is 0.263. The molecule has 0 spiro atoms. The van der Waals surface area contributed by atoms with Gasteiger partial charge in [-0.2, -0.15) is 0 Å². The Bertz CT molecular complexity index is 1020. The van der Waals surface area contributed by atoms with Gasteiger partial charge in [0.1, 0.15) is 12.1 Å². The van der Waals surface area contributed by atoms with E-state index in [1.165, 1.54) is 11.3 Å². The second kappa shape index (κ2) is 7.48. The maximum absolute atomic E-state index is 12.9. The van der Waals surface area contributed by atoms with Crippen LogP contribution in [0.25, 0.3) is 10.8 Å². The summed E-state index contributed by atoms with van der Waals surface area (Å²) in [6.45, 7) is 1.70. The molecule has 1 aliphatic rings. The predicted octanol–water partition coefficient (Wildman–Crippen LogP) is 4.00. The number of carbonyl (C=O) groups excluding carboxylic acids is 2. The van der Waals surface area contributed by atoms with Crippen LogP contribution in [0.2, 0.25) is 0 Å². The SMILES string of the molecule is C[C@@]1(CCc2ccccc2)NC(=O)N(Cc2nnc(-c3ccc(Br)s3)o2)C1=O. The molecule has 3 aromatic rings. The average molecular weight is 461 g/mol. The lowest BCUT2D eigenvalue weighted by molar-refractivity contribution is -0.131. The zero-order valence-electron chi connectivity index (χ0n) is 15.0. The van der Waals surface area contributed by atoms with E-state index in [1.807, 2.05) is 42.5 Å². The third-order valence-electron chi connectivity index (χ3n) is 4.65. The van der Waals surface area contributed by atoms with Gasteiger partial charge in [-0.05, 0) is 53.4 Å². The molecule has 1 aliphatic heterocycles. The Balaban J connectivity index is 1.45. The number of aromatic nitrogens is 2. The van der Waals surface area contributed by atoms with Gasteiger partial charge in [0.2, 0.25) is 5.89 Å². The highest BCUT2D eigenvalue weighted by molar-refractivity contribution is 9.11. The highest BCUT2D eigenvalue weighted by Crippen LogP contribution is 2.31. The fourth-order valence-corrected chi connectivity index (χ4v) is 4.39. The quantitative estimate of drug-likeness (QED) is 0.561. The molecular weight excluding hydrogens is 444 g/mol. The fourth-order valence-electron chi connectivity index (χ4n) is 3.08. The Labute approximate surface area is 173 Å². The minimum Gasteiger partial charge on any atom is -0.418 e. The number of nitrogens with one attached hydrogen (secondary N) is 1. The van der Waals surface area contributed by atoms with E-state index >= 15 is 0 Å². The Morgan fingerprint density at radius 3 is 2.68 bits per heavy atom. The van der Waals surface area contributed by atoms with Gasteiger partial charge in [-0.15, -0.1) is 21.5 Å². The molecule has 144 valence electrons. The normalized spacial score (nSPS) is 19.3. The van der Waals surface area contributed by atoms with E-state index in [4.69, 9.17) is 4.42 Å². The molecule has 1 N–H and O–H groups in total. The lowest BCUT2D eigenvalue weighted by Gasteiger charge is -2.21. The molecule has 7 nitrogen and oxygen atoms in total. The van der Waals surface area contributed by atoms with Crippen molar-refractivity contribution in [1.29, 1.82) is 0 Å². The molecular formula is C19H17BrN4O3S. The first-order valence-corrected chi connectivity index (χ1v) is 10.3. The number of amides is 3. The maximum Gasteiger partial charge on any atom is 0.325 e. The van der Waals surface area contributed by atoms with Gasteiger partial charge in [0.15, 0.2) is 0 Å². The van der Waals surface area contributed by atoms with Gasteiger partial charge in [-0.3, -0.25) is 9.69 Å². The van der Waals surface area contributed by atoms with Crippen LogP contribution in [0.3, 0.4) is 0 Å². The molecule has 9 heteroatoms. The molecule has 0 aliphatic carbocycles. The predicted molar refractivity (Wildman–Crippen MR) is 108 cm³/mol. The molecule has 2 aromatic heterocycles. The summed E-state index contributed by atoms with van der Waals surface area (Å²) in [5.41, 5.74) is 0.168. The number of rotatable bonds is 6. The van der Waals surface area contributed by atoms with E-state index in [1.54, 1.807) is 6.92 Å². The first kappa shape index (κ1) is 18.8. The summed E-state index contributed by atoms with van der Waals surface area (Å²) in [5, 5.41) is 10.8. The number of aryl methyl sites for hydroxylation is 1. The van der Waals surface area contributed by atoms with Gasteiger partial charge in [0, 0.05) is 0 Å². The Hall–Kier alpha value is -2.52. The summed E-state index contributed by atoms with van der Waals surface area (Å²) >= 11 is 4.85. The Kier molecular flexibility index (Phi) is 5.03. The summed E-state index contributed by atoms with van der Waals surface area (Å²) < 4.78 is 6.58. The number of halogens is 1. The number of nitrogens with zero attached hydrogens (tertiary/aromatic N) is 3. The van der Waals surface area contributed by atoms with Crippen LogP contribution in [-0.4, -0.2) is 32.6 Å². The van der Waals surface area contributed by atoms with Crippen molar-refractivity contribution in [2.24, 2.45) is 0 Å². The smallest absolute Gasteiger partial charge is 0.325 e. The van der Waals surface area contributed by atoms with E-state index < -0.39 is 11.6 Å². The van der Waals surface area contributed by atoms with Gasteiger partial charge in [0.05, 0.1) is 8.66 Å². The zero-order chi connectivity index (χ0) is 19.7. The largest absolute Gasteiger partial charge is 0.418 e. The van der Waals surface area contributed by atoms with Crippen molar-refractivity contribution < 1.29 is 14.0 Å². The molecule has 1 atom stereocenters. The van der Waals surface area contributed by atoms with Crippen molar-refractivity contribution >= 4 is 39.2 Å². The second-order valence-corrected chi connectivity index (χ2v) is 9.21. The lowest BCUT2D eigenvalue weighted by atomic mass is 9.93. The average Bonchev–Trinajstić information content (AvgIpc) is 3.37. The van der Waals surface area contributed by atoms with E-state index in [0.717, 1.165) is 19.1 Å². The van der Waals surface area contributed by atoms with Crippen molar-refractivity contribution in [2.45, 2.75) is 31.8 Å². The number of urea groups is 1. The van der Waals surface area contributed by atoms with Crippen molar-refractivity contribution in [1.82, 2.24) is 20.4 Å². The molecule has 1 aromatic carbocycles. The van der Waals surface area contributed by atoms with Crippen LogP contribution in [0.15, 0.2) is 50.7 Å². The minimum atomic E-state index is -0.950. The van der Waals surface area contributed by atoms with Crippen LogP contribution in [0.4, 0.5) is 4.79 Å². The highest BCUT2D eigenvalue weighted by Gasteiger charge is 2.47. The molecule has 1 fully saturated rings. The van der Waals surface area contributed by atoms with Crippen LogP contribution in [0, 0.1) is 0 Å². The van der Waals surface area contributed by atoms with Crippen molar-refractivity contribution in [3.63, 3.8) is 0 Å². The Morgan fingerprint density at radius 2 is 1.96 bits per heavy atom. The lowest BCUT2D eigenvalue weighted by Crippen LogP contribution is -2.44. The molecule has 3 amide bonds. The highest BCUT2D eigenvalue weighted by atomic mass is 79.9. The third kappa shape index (κ3) is 3.72. The monoisotopic (exact) mass is 460 g/mol. The molecule has 0 bridgehead atoms. The van der Waals surface area contributed by atoms with Crippen molar-refractivity contribution in [3.05, 3.63) is 57.7 Å². The van der Waals surface area contributed by atoms with E-state index in [0.29, 0.717) is 18.7 Å². The van der Waals surface area contributed by atoms with Crippen LogP contribution in [0.5, 0.6) is 0 Å². The van der Waals surface area contributed by atoms with Gasteiger partial charge >= 0.3 is 6.03 Å². The summed E-state index contributed by atoms with van der Waals surface area (Å²) in [4.78, 5) is 27.2. The van der Waals surface area contributed by atoms with Gasteiger partial charge in [-0.25, -0.2) is 4.79 Å². The summed E-state index contributed by atoms with van der Waals surface area (Å²) in [6.07, 6.45) is 1.20. The molecule has 1 saturated heterocycles. The molecule has 0 saturated carbocycles. The maximum atomic E-state index is 12.9. The van der Waals surface area contributed by atoms with Crippen LogP contribution in [0.1, 0.15) is 24.8 Å². The number of hydrogen-bond acceptors (Lipinski definition) is 6. The molecule has 4 rings (SSSR count). The second-order valence-electron chi connectivity index (χ2n) is 6.74. The number of benzene rings is 1. The van der Waals surface area contributed by atoms with Crippen LogP contribution in [-0.2, 0) is 17.8 Å². The summed E-state index contributed by atoms with van der Waals surface area (Å²) in [5.74, 6) is 0.298. The van der Waals surface area contributed by atoms with E-state index in [-0.39, 0.29) is 18.3 Å². The van der Waals surface area contributed by atoms with E-state index in [9.17, 15) is 9.59 Å². The van der Waals surface area contributed by atoms with E-state index in [2.05, 4.69) is 31.4 Å². The number of hydrogen-bond donors (Lipinski definition) is 1. The molecule has 3 heterocycles. The van der Waals surface area contributed by atoms with Gasteiger partial charge < -0.3 is 9.73 Å². The molecule has 28 heavy (non-hydrogen) atoms. The third-order valence-corrected chi connectivity index (χ3v) is 6.26. The molecule has 0 unspecified atom stereocenters. The summed E-state index contributed by atoms with van der Waals surface area (Å²) in [7, 11) is 0. The topological polar surface area (TPSA) is 88.3 Å². The standard InChI is InChI=1S/C19H17BrN4O3S/c1-19(10-9-12-5-3-2-4-6-12)17(25)24(18(26)21-19)11-15-22-23-16(27-15)13-7-8-14(20)28-13/h2-8H,9-11H2,1H3,(H,21,26)/t19-/m0/s1. The Morgan fingerprint density at radius 1 is 1.18 bits per heavy atom. The van der Waals surface area contributed by atoms with Crippen LogP contribution >= 0.6 is 27.3 Å². The molecule has 0 radical (unpaired) electrons. The number of thiophene rings is 1.